The van der Waals surface area contributed by atoms with Gasteiger partial charge in [-0.05, 0) is 45.0 Å². The predicted molar refractivity (Wildman–Crippen MR) is 108 cm³/mol. The Balaban J connectivity index is 1.54. The topological polar surface area (TPSA) is 105 Å². The van der Waals surface area contributed by atoms with Crippen molar-refractivity contribution in [3.05, 3.63) is 35.9 Å². The molecule has 0 radical (unpaired) electrons. The summed E-state index contributed by atoms with van der Waals surface area (Å²) in [6.45, 7) is 6.80. The van der Waals surface area contributed by atoms with Crippen LogP contribution in [0.25, 0.3) is 0 Å². The van der Waals surface area contributed by atoms with Gasteiger partial charge in [-0.2, -0.15) is 0 Å². The van der Waals surface area contributed by atoms with Crippen molar-refractivity contribution in [3.8, 4) is 5.75 Å². The highest BCUT2D eigenvalue weighted by Crippen LogP contribution is 2.28. The number of hydrogen-bond donors (Lipinski definition) is 1. The number of fused-ring (bicyclic) bond motifs is 1. The van der Waals surface area contributed by atoms with Crippen molar-refractivity contribution < 1.29 is 28.7 Å². The summed E-state index contributed by atoms with van der Waals surface area (Å²) in [4.78, 5) is 51.4. The molecule has 0 spiro atoms. The van der Waals surface area contributed by atoms with Crippen LogP contribution in [0.1, 0.15) is 31.1 Å². The fourth-order valence-electron chi connectivity index (χ4n) is 3.02. The summed E-state index contributed by atoms with van der Waals surface area (Å²) in [6.07, 6.45) is 2.03. The highest BCUT2D eigenvalue weighted by atomic mass is 16.6. The number of piperazine rings is 1. The van der Waals surface area contributed by atoms with Gasteiger partial charge in [-0.15, -0.1) is 0 Å². The van der Waals surface area contributed by atoms with Crippen molar-refractivity contribution in [2.24, 2.45) is 0 Å². The summed E-state index contributed by atoms with van der Waals surface area (Å²) in [6, 6.07) is 4.70. The molecule has 1 aromatic rings. The van der Waals surface area contributed by atoms with Gasteiger partial charge in [0.05, 0.1) is 5.69 Å². The molecule has 1 fully saturated rings. The molecule has 9 nitrogen and oxygen atoms in total. The van der Waals surface area contributed by atoms with Crippen LogP contribution in [0.5, 0.6) is 5.75 Å². The third-order valence-electron chi connectivity index (χ3n) is 4.52. The fraction of sp³-hybridized carbons (Fsp3) is 0.429. The van der Waals surface area contributed by atoms with Gasteiger partial charge in [0.2, 0.25) is 5.91 Å². The molecule has 0 atom stereocenters. The first kappa shape index (κ1) is 21.4. The summed E-state index contributed by atoms with van der Waals surface area (Å²) in [5.41, 5.74) is 0.187. The van der Waals surface area contributed by atoms with E-state index in [2.05, 4.69) is 5.32 Å². The highest BCUT2D eigenvalue weighted by Gasteiger charge is 2.27. The number of carbonyl (C=O) groups is 4. The van der Waals surface area contributed by atoms with E-state index in [0.717, 1.165) is 0 Å². The first-order valence-electron chi connectivity index (χ1n) is 9.68. The minimum absolute atomic E-state index is 0.0596. The molecular weight excluding hydrogens is 390 g/mol. The molecule has 1 N–H and O–H groups in total. The zero-order valence-electron chi connectivity index (χ0n) is 17.3. The van der Waals surface area contributed by atoms with E-state index in [1.807, 2.05) is 0 Å². The Morgan fingerprint density at radius 2 is 1.73 bits per heavy atom. The van der Waals surface area contributed by atoms with Crippen LogP contribution in [0.2, 0.25) is 0 Å². The number of rotatable bonds is 3. The van der Waals surface area contributed by atoms with E-state index in [9.17, 15) is 19.2 Å². The quantitative estimate of drug-likeness (QED) is 0.597. The summed E-state index contributed by atoms with van der Waals surface area (Å²) >= 11 is 0. The number of nitrogens with zero attached hydrogens (tertiary/aromatic N) is 2. The number of ketones is 1. The van der Waals surface area contributed by atoms with Crippen LogP contribution in [0.4, 0.5) is 10.5 Å². The van der Waals surface area contributed by atoms with E-state index < -0.39 is 11.7 Å². The van der Waals surface area contributed by atoms with Crippen LogP contribution >= 0.6 is 0 Å². The van der Waals surface area contributed by atoms with Gasteiger partial charge in [0.25, 0.3) is 5.91 Å². The van der Waals surface area contributed by atoms with Crippen LogP contribution in [0.15, 0.2) is 30.4 Å². The average Bonchev–Trinajstić information content (AvgIpc) is 2.70. The van der Waals surface area contributed by atoms with Crippen molar-refractivity contribution >= 4 is 29.4 Å². The minimum Gasteiger partial charge on any atom is -0.482 e. The molecule has 9 heteroatoms. The van der Waals surface area contributed by atoms with Gasteiger partial charge < -0.3 is 24.6 Å². The number of ether oxygens (including phenoxy) is 2. The molecule has 2 heterocycles. The predicted octanol–water partition coefficient (Wildman–Crippen LogP) is 1.84. The Labute approximate surface area is 174 Å². The second-order valence-corrected chi connectivity index (χ2v) is 8.04. The smallest absolute Gasteiger partial charge is 0.410 e. The Morgan fingerprint density at radius 3 is 2.40 bits per heavy atom. The molecular formula is C21H25N3O6. The monoisotopic (exact) mass is 415 g/mol. The lowest BCUT2D eigenvalue weighted by Crippen LogP contribution is -2.51. The highest BCUT2D eigenvalue weighted by molar-refractivity contribution is 6.09. The van der Waals surface area contributed by atoms with Crippen LogP contribution in [-0.2, 0) is 14.3 Å². The standard InChI is InChI=1S/C21H25N3O6/c1-21(2,3)30-20(28)24-10-8-23(9-11-24)19(27)7-5-16(25)14-4-6-17-15(12-14)22-18(26)13-29-17/h4-7,12H,8-11,13H2,1-3H3,(H,22,26)/b7-5+. The zero-order chi connectivity index (χ0) is 21.9. The number of anilines is 1. The first-order chi connectivity index (χ1) is 14.1. The number of nitrogens with one attached hydrogen (secondary N) is 1. The number of amides is 3. The SMILES string of the molecule is CC(C)(C)OC(=O)N1CCN(C(=O)/C=C/C(=O)c2ccc3c(c2)NC(=O)CO3)CC1. The zero-order valence-corrected chi connectivity index (χ0v) is 17.3. The van der Waals surface area contributed by atoms with Gasteiger partial charge in [0, 0.05) is 37.8 Å². The fourth-order valence-corrected chi connectivity index (χ4v) is 3.02. The van der Waals surface area contributed by atoms with E-state index in [1.54, 1.807) is 42.7 Å². The third-order valence-corrected chi connectivity index (χ3v) is 4.52. The number of carbonyl (C=O) groups excluding carboxylic acids is 4. The van der Waals surface area contributed by atoms with Crippen LogP contribution in [0.3, 0.4) is 0 Å². The molecule has 0 aliphatic carbocycles. The normalized spacial score (nSPS) is 16.6. The second kappa shape index (κ2) is 8.56. The lowest BCUT2D eigenvalue weighted by atomic mass is 10.1. The summed E-state index contributed by atoms with van der Waals surface area (Å²) in [5.74, 6) is -0.461. The Kier molecular flexibility index (Phi) is 6.09. The molecule has 2 aliphatic rings. The number of hydrogen-bond acceptors (Lipinski definition) is 6. The molecule has 2 aliphatic heterocycles. The van der Waals surface area contributed by atoms with Gasteiger partial charge in [-0.25, -0.2) is 4.79 Å². The van der Waals surface area contributed by atoms with Gasteiger partial charge in [0.15, 0.2) is 12.4 Å². The van der Waals surface area contributed by atoms with E-state index in [1.165, 1.54) is 18.2 Å². The molecule has 0 saturated carbocycles. The Hall–Kier alpha value is -3.36. The molecule has 1 saturated heterocycles. The van der Waals surface area contributed by atoms with Crippen LogP contribution < -0.4 is 10.1 Å². The Bertz CT molecular complexity index is 894. The van der Waals surface area contributed by atoms with Gasteiger partial charge in [-0.3, -0.25) is 14.4 Å². The molecule has 160 valence electrons. The lowest BCUT2D eigenvalue weighted by molar-refractivity contribution is -0.127. The summed E-state index contributed by atoms with van der Waals surface area (Å²) in [7, 11) is 0. The average molecular weight is 415 g/mol. The number of allylic oxidation sites excluding steroid dienone is 1. The van der Waals surface area contributed by atoms with E-state index in [-0.39, 0.29) is 24.2 Å². The Morgan fingerprint density at radius 1 is 1.07 bits per heavy atom. The van der Waals surface area contributed by atoms with Crippen molar-refractivity contribution in [1.29, 1.82) is 0 Å². The maximum absolute atomic E-state index is 12.4. The minimum atomic E-state index is -0.571. The lowest BCUT2D eigenvalue weighted by Gasteiger charge is -2.35. The molecule has 1 aromatic carbocycles. The second-order valence-electron chi connectivity index (χ2n) is 8.04. The van der Waals surface area contributed by atoms with E-state index in [0.29, 0.717) is 43.2 Å². The third kappa shape index (κ3) is 5.37. The van der Waals surface area contributed by atoms with Gasteiger partial charge >= 0.3 is 6.09 Å². The molecule has 0 unspecified atom stereocenters. The number of benzene rings is 1. The maximum Gasteiger partial charge on any atom is 0.410 e. The van der Waals surface area contributed by atoms with Crippen LogP contribution in [-0.4, -0.2) is 71.9 Å². The molecule has 3 rings (SSSR count). The van der Waals surface area contributed by atoms with E-state index >= 15 is 0 Å². The largest absolute Gasteiger partial charge is 0.482 e. The molecule has 30 heavy (non-hydrogen) atoms. The van der Waals surface area contributed by atoms with Gasteiger partial charge in [0.1, 0.15) is 11.4 Å². The van der Waals surface area contributed by atoms with Crippen molar-refractivity contribution in [2.75, 3.05) is 38.1 Å². The van der Waals surface area contributed by atoms with Crippen LogP contribution in [0, 0.1) is 0 Å². The molecule has 0 aromatic heterocycles. The van der Waals surface area contributed by atoms with Crippen molar-refractivity contribution in [2.45, 2.75) is 26.4 Å². The molecule has 3 amide bonds. The van der Waals surface area contributed by atoms with Gasteiger partial charge in [-0.1, -0.05) is 0 Å². The molecule has 0 bridgehead atoms. The summed E-state index contributed by atoms with van der Waals surface area (Å²) in [5, 5.41) is 2.64. The van der Waals surface area contributed by atoms with Crippen molar-refractivity contribution in [1.82, 2.24) is 9.80 Å². The van der Waals surface area contributed by atoms with E-state index in [4.69, 9.17) is 9.47 Å². The summed E-state index contributed by atoms with van der Waals surface area (Å²) < 4.78 is 10.6. The maximum atomic E-state index is 12.4. The van der Waals surface area contributed by atoms with Crippen molar-refractivity contribution in [3.63, 3.8) is 0 Å². The first-order valence-corrected chi connectivity index (χ1v) is 9.68.